The van der Waals surface area contributed by atoms with Gasteiger partial charge in [-0.15, -0.1) is 0 Å². The number of anilines is 1. The Labute approximate surface area is 126 Å². The minimum atomic E-state index is 0.487. The maximum Gasteiger partial charge on any atom is 0.0664 e. The average molecular weight is 278 g/mol. The van der Waals surface area contributed by atoms with Crippen molar-refractivity contribution in [3.63, 3.8) is 0 Å². The van der Waals surface area contributed by atoms with Crippen LogP contribution in [0.25, 0.3) is 0 Å². The zero-order valence-corrected chi connectivity index (χ0v) is 12.8. The van der Waals surface area contributed by atoms with Gasteiger partial charge in [-0.25, -0.2) is 0 Å². The summed E-state index contributed by atoms with van der Waals surface area (Å²) in [7, 11) is 0. The Kier molecular flexibility index (Phi) is 4.05. The van der Waals surface area contributed by atoms with E-state index in [-0.39, 0.29) is 0 Å². The van der Waals surface area contributed by atoms with E-state index in [2.05, 4.69) is 61.6 Å². The molecule has 0 unspecified atom stereocenters. The van der Waals surface area contributed by atoms with Crippen LogP contribution in [0.3, 0.4) is 0 Å². The fourth-order valence-electron chi connectivity index (χ4n) is 2.88. The zero-order chi connectivity index (χ0) is 14.7. The molecule has 1 aliphatic heterocycles. The van der Waals surface area contributed by atoms with E-state index in [0.29, 0.717) is 5.92 Å². The predicted molar refractivity (Wildman–Crippen MR) is 91.0 cm³/mol. The van der Waals surface area contributed by atoms with Gasteiger partial charge in [-0.1, -0.05) is 50.2 Å². The molecule has 21 heavy (non-hydrogen) atoms. The molecular formula is C19H22N2. The fourth-order valence-corrected chi connectivity index (χ4v) is 2.88. The molecule has 1 heterocycles. The molecule has 1 aliphatic rings. The van der Waals surface area contributed by atoms with Gasteiger partial charge in [-0.05, 0) is 36.0 Å². The molecule has 0 atom stereocenters. The van der Waals surface area contributed by atoms with Crippen molar-refractivity contribution in [1.82, 2.24) is 0 Å². The van der Waals surface area contributed by atoms with E-state index < -0.39 is 0 Å². The number of hydrogen-bond donors (Lipinski definition) is 1. The molecular weight excluding hydrogens is 256 g/mol. The molecule has 0 radical (unpaired) electrons. The second kappa shape index (κ2) is 6.13. The Morgan fingerprint density at radius 2 is 1.95 bits per heavy atom. The lowest BCUT2D eigenvalue weighted by molar-refractivity contribution is 0.830. The quantitative estimate of drug-likeness (QED) is 0.792. The standard InChI is InChI=1S/C19H22N2/c1-14(2)17-10-3-4-11-18(17)21-13-16-8-5-7-15-9-6-12-20-19(15)16/h3-5,7-8,10-11,13-14,20H,6,9,12H2,1-2H3. The van der Waals surface area contributed by atoms with Gasteiger partial charge in [-0.2, -0.15) is 0 Å². The van der Waals surface area contributed by atoms with Crippen molar-refractivity contribution in [2.45, 2.75) is 32.6 Å². The van der Waals surface area contributed by atoms with Crippen molar-refractivity contribution >= 4 is 17.6 Å². The van der Waals surface area contributed by atoms with E-state index >= 15 is 0 Å². The number of nitrogens with one attached hydrogen (secondary N) is 1. The molecule has 2 heteroatoms. The van der Waals surface area contributed by atoms with Gasteiger partial charge in [0.1, 0.15) is 0 Å². The van der Waals surface area contributed by atoms with Crippen LogP contribution in [0.4, 0.5) is 11.4 Å². The molecule has 0 fully saturated rings. The first-order chi connectivity index (χ1) is 10.3. The van der Waals surface area contributed by atoms with Gasteiger partial charge in [0.15, 0.2) is 0 Å². The van der Waals surface area contributed by atoms with E-state index in [0.717, 1.165) is 18.7 Å². The van der Waals surface area contributed by atoms with Gasteiger partial charge < -0.3 is 5.32 Å². The third-order valence-electron chi connectivity index (χ3n) is 4.01. The molecule has 3 rings (SSSR count). The second-order valence-corrected chi connectivity index (χ2v) is 5.88. The molecule has 0 aliphatic carbocycles. The maximum absolute atomic E-state index is 4.74. The number of nitrogens with zero attached hydrogens (tertiary/aromatic N) is 1. The lowest BCUT2D eigenvalue weighted by Crippen LogP contribution is -2.13. The minimum Gasteiger partial charge on any atom is -0.384 e. The molecule has 0 bridgehead atoms. The number of aliphatic imine (C=N–C) groups is 1. The number of rotatable bonds is 3. The van der Waals surface area contributed by atoms with Gasteiger partial charge in [0.2, 0.25) is 0 Å². The lowest BCUT2D eigenvalue weighted by Gasteiger charge is -2.19. The van der Waals surface area contributed by atoms with E-state index in [9.17, 15) is 0 Å². The lowest BCUT2D eigenvalue weighted by atomic mass is 9.99. The summed E-state index contributed by atoms with van der Waals surface area (Å²) in [6.45, 7) is 5.47. The Morgan fingerprint density at radius 3 is 2.81 bits per heavy atom. The molecule has 1 N–H and O–H groups in total. The largest absolute Gasteiger partial charge is 0.384 e. The van der Waals surface area contributed by atoms with Crippen molar-refractivity contribution in [3.05, 3.63) is 59.2 Å². The Bertz CT molecular complexity index is 656. The summed E-state index contributed by atoms with van der Waals surface area (Å²) in [6, 6.07) is 14.9. The highest BCUT2D eigenvalue weighted by Crippen LogP contribution is 2.28. The van der Waals surface area contributed by atoms with Crippen molar-refractivity contribution in [2.24, 2.45) is 4.99 Å². The normalized spacial score (nSPS) is 14.2. The summed E-state index contributed by atoms with van der Waals surface area (Å²) in [5, 5.41) is 3.51. The number of para-hydroxylation sites is 2. The first-order valence-electron chi connectivity index (χ1n) is 7.74. The highest BCUT2D eigenvalue weighted by molar-refractivity contribution is 5.90. The van der Waals surface area contributed by atoms with E-state index in [1.54, 1.807) is 0 Å². The minimum absolute atomic E-state index is 0.487. The summed E-state index contributed by atoms with van der Waals surface area (Å²) < 4.78 is 0. The molecule has 0 saturated carbocycles. The summed E-state index contributed by atoms with van der Waals surface area (Å²) >= 11 is 0. The van der Waals surface area contributed by atoms with Crippen LogP contribution < -0.4 is 5.32 Å². The third-order valence-corrected chi connectivity index (χ3v) is 4.01. The van der Waals surface area contributed by atoms with Crippen molar-refractivity contribution in [3.8, 4) is 0 Å². The number of aryl methyl sites for hydroxylation is 1. The van der Waals surface area contributed by atoms with Gasteiger partial charge >= 0.3 is 0 Å². The zero-order valence-electron chi connectivity index (χ0n) is 12.8. The van der Waals surface area contributed by atoms with Crippen molar-refractivity contribution in [1.29, 1.82) is 0 Å². The Balaban J connectivity index is 1.94. The van der Waals surface area contributed by atoms with E-state index in [1.165, 1.54) is 28.8 Å². The van der Waals surface area contributed by atoms with Crippen LogP contribution in [-0.4, -0.2) is 12.8 Å². The molecule has 2 aromatic rings. The second-order valence-electron chi connectivity index (χ2n) is 5.88. The van der Waals surface area contributed by atoms with Gasteiger partial charge in [0.25, 0.3) is 0 Å². The molecule has 2 nitrogen and oxygen atoms in total. The molecule has 0 amide bonds. The molecule has 2 aromatic carbocycles. The Morgan fingerprint density at radius 1 is 1.10 bits per heavy atom. The highest BCUT2D eigenvalue weighted by atomic mass is 14.9. The average Bonchev–Trinajstić information content (AvgIpc) is 2.53. The van der Waals surface area contributed by atoms with E-state index in [4.69, 9.17) is 4.99 Å². The van der Waals surface area contributed by atoms with Crippen LogP contribution >= 0.6 is 0 Å². The number of hydrogen-bond acceptors (Lipinski definition) is 2. The summed E-state index contributed by atoms with van der Waals surface area (Å²) in [5.41, 5.74) is 6.22. The van der Waals surface area contributed by atoms with Crippen molar-refractivity contribution in [2.75, 3.05) is 11.9 Å². The van der Waals surface area contributed by atoms with Crippen LogP contribution in [-0.2, 0) is 6.42 Å². The van der Waals surface area contributed by atoms with Gasteiger partial charge in [0.05, 0.1) is 5.69 Å². The summed E-state index contributed by atoms with van der Waals surface area (Å²) in [4.78, 5) is 4.74. The molecule has 0 saturated heterocycles. The smallest absolute Gasteiger partial charge is 0.0664 e. The molecule has 0 spiro atoms. The van der Waals surface area contributed by atoms with Crippen LogP contribution in [0.1, 0.15) is 42.9 Å². The number of benzene rings is 2. The van der Waals surface area contributed by atoms with Crippen LogP contribution in [0.15, 0.2) is 47.5 Å². The van der Waals surface area contributed by atoms with Crippen LogP contribution in [0.2, 0.25) is 0 Å². The van der Waals surface area contributed by atoms with Gasteiger partial charge in [0, 0.05) is 24.0 Å². The molecule has 0 aromatic heterocycles. The maximum atomic E-state index is 4.74. The highest BCUT2D eigenvalue weighted by Gasteiger charge is 2.11. The van der Waals surface area contributed by atoms with Gasteiger partial charge in [-0.3, -0.25) is 4.99 Å². The van der Waals surface area contributed by atoms with E-state index in [1.807, 2.05) is 6.21 Å². The first-order valence-corrected chi connectivity index (χ1v) is 7.74. The monoisotopic (exact) mass is 278 g/mol. The third kappa shape index (κ3) is 2.99. The SMILES string of the molecule is CC(C)c1ccccc1N=Cc1cccc2c1NCCC2. The van der Waals surface area contributed by atoms with Crippen LogP contribution in [0, 0.1) is 0 Å². The molecule has 108 valence electrons. The number of fused-ring (bicyclic) bond motifs is 1. The topological polar surface area (TPSA) is 24.4 Å². The van der Waals surface area contributed by atoms with Crippen molar-refractivity contribution < 1.29 is 0 Å². The first kappa shape index (κ1) is 13.9. The summed E-state index contributed by atoms with van der Waals surface area (Å²) in [6.07, 6.45) is 4.37. The fraction of sp³-hybridized carbons (Fsp3) is 0.316. The predicted octanol–water partition coefficient (Wildman–Crippen LogP) is 4.92. The Hall–Kier alpha value is -2.09. The summed E-state index contributed by atoms with van der Waals surface area (Å²) in [5.74, 6) is 0.487. The van der Waals surface area contributed by atoms with Crippen LogP contribution in [0.5, 0.6) is 0 Å².